The van der Waals surface area contributed by atoms with Crippen LogP contribution in [0.4, 0.5) is 5.69 Å². The Balaban J connectivity index is 1.73. The number of benzene rings is 2. The van der Waals surface area contributed by atoms with Gasteiger partial charge in [0.05, 0.1) is 0 Å². The van der Waals surface area contributed by atoms with Gasteiger partial charge in [0.1, 0.15) is 17.2 Å². The monoisotopic (exact) mass is 368 g/mol. The summed E-state index contributed by atoms with van der Waals surface area (Å²) in [6.07, 6.45) is 4.62. The molecule has 0 radical (unpaired) electrons. The molecule has 0 saturated carbocycles. The van der Waals surface area contributed by atoms with E-state index in [9.17, 15) is 0 Å². The number of rotatable bonds is 4. The Hall–Kier alpha value is -3.07. The lowest BCUT2D eigenvalue weighted by Gasteiger charge is -2.14. The van der Waals surface area contributed by atoms with Gasteiger partial charge >= 0.3 is 0 Å². The van der Waals surface area contributed by atoms with Crippen LogP contribution < -0.4 is 9.72 Å². The molecule has 0 amide bonds. The van der Waals surface area contributed by atoms with Crippen molar-refractivity contribution in [3.63, 3.8) is 0 Å². The Morgan fingerprint density at radius 1 is 0.964 bits per heavy atom. The lowest BCUT2D eigenvalue weighted by molar-refractivity contribution is -0.479. The van der Waals surface area contributed by atoms with E-state index in [0.717, 1.165) is 0 Å². The van der Waals surface area contributed by atoms with Crippen molar-refractivity contribution in [1.82, 2.24) is 4.40 Å². The molecule has 0 spiro atoms. The van der Waals surface area contributed by atoms with Crippen LogP contribution in [0.5, 0.6) is 0 Å². The third kappa shape index (κ3) is 2.70. The highest BCUT2D eigenvalue weighted by Crippen LogP contribution is 2.24. The van der Waals surface area contributed by atoms with Gasteiger partial charge in [-0.15, -0.1) is 0 Å². The summed E-state index contributed by atoms with van der Waals surface area (Å²) in [6, 6.07) is 22.7. The van der Waals surface area contributed by atoms with E-state index < -0.39 is 0 Å². The maximum absolute atomic E-state index is 3.63. The summed E-state index contributed by atoms with van der Waals surface area (Å²) in [7, 11) is 0. The molecule has 3 aromatic heterocycles. The summed E-state index contributed by atoms with van der Waals surface area (Å²) in [4.78, 5) is 0. The summed E-state index contributed by atoms with van der Waals surface area (Å²) < 4.78 is 4.67. The van der Waals surface area contributed by atoms with E-state index in [4.69, 9.17) is 0 Å². The number of imidazole rings is 1. The molecule has 1 atom stereocenters. The molecule has 28 heavy (non-hydrogen) atoms. The van der Waals surface area contributed by atoms with Gasteiger partial charge in [0.2, 0.25) is 0 Å². The molecular weight excluding hydrogens is 342 g/mol. The lowest BCUT2D eigenvalue weighted by atomic mass is 10.1. The number of pyridine rings is 2. The third-order valence-corrected chi connectivity index (χ3v) is 5.69. The van der Waals surface area contributed by atoms with Crippen molar-refractivity contribution < 1.29 is 4.40 Å². The van der Waals surface area contributed by atoms with Gasteiger partial charge in [-0.05, 0) is 68.3 Å². The quantitative estimate of drug-likeness (QED) is 0.392. The maximum Gasteiger partial charge on any atom is 0.292 e. The Morgan fingerprint density at radius 2 is 1.79 bits per heavy atom. The van der Waals surface area contributed by atoms with Gasteiger partial charge < -0.3 is 5.32 Å². The van der Waals surface area contributed by atoms with Crippen molar-refractivity contribution in [2.75, 3.05) is 5.32 Å². The molecule has 1 unspecified atom stereocenters. The van der Waals surface area contributed by atoms with Gasteiger partial charge in [0.15, 0.2) is 5.52 Å². The normalized spacial score (nSPS) is 13.0. The zero-order valence-corrected chi connectivity index (χ0v) is 16.7. The molecule has 0 saturated heterocycles. The van der Waals surface area contributed by atoms with Crippen molar-refractivity contribution in [3.05, 3.63) is 72.4 Å². The van der Waals surface area contributed by atoms with Gasteiger partial charge in [-0.25, -0.2) is 0 Å². The number of anilines is 1. The zero-order chi connectivity index (χ0) is 19.3. The van der Waals surface area contributed by atoms with E-state index in [-0.39, 0.29) is 0 Å². The predicted molar refractivity (Wildman–Crippen MR) is 118 cm³/mol. The van der Waals surface area contributed by atoms with Crippen LogP contribution in [0.2, 0.25) is 0 Å². The van der Waals surface area contributed by atoms with Crippen LogP contribution in [-0.2, 0) is 0 Å². The standard InChI is InChI=1S/C25H26N3/c1-4-5-18(3)26-21-10-12-23-20(15-21)8-11-22-16-27-24-14-17(2)6-7-19(24)9-13-25(27)28(22)23/h6-16,18,26H,4-5H2,1-3H3/q+1. The average molecular weight is 369 g/mol. The van der Waals surface area contributed by atoms with Crippen LogP contribution >= 0.6 is 0 Å². The Labute approximate surface area is 165 Å². The molecule has 140 valence electrons. The Morgan fingerprint density at radius 3 is 2.64 bits per heavy atom. The van der Waals surface area contributed by atoms with E-state index in [1.54, 1.807) is 0 Å². The lowest BCUT2D eigenvalue weighted by Crippen LogP contribution is -2.19. The smallest absolute Gasteiger partial charge is 0.292 e. The first-order valence-corrected chi connectivity index (χ1v) is 10.2. The molecule has 0 aliphatic heterocycles. The summed E-state index contributed by atoms with van der Waals surface area (Å²) in [6.45, 7) is 6.63. The van der Waals surface area contributed by atoms with E-state index in [1.807, 2.05) is 0 Å². The van der Waals surface area contributed by atoms with Crippen molar-refractivity contribution in [1.29, 1.82) is 0 Å². The molecule has 3 nitrogen and oxygen atoms in total. The fraction of sp³-hybridized carbons (Fsp3) is 0.240. The molecule has 5 rings (SSSR count). The minimum atomic E-state index is 0.490. The van der Waals surface area contributed by atoms with Crippen molar-refractivity contribution in [3.8, 4) is 0 Å². The first-order valence-electron chi connectivity index (χ1n) is 10.2. The number of hydrogen-bond donors (Lipinski definition) is 1. The average Bonchev–Trinajstić information content (AvgIpc) is 3.07. The van der Waals surface area contributed by atoms with E-state index >= 15 is 0 Å². The highest BCUT2D eigenvalue weighted by atomic mass is 15.1. The van der Waals surface area contributed by atoms with E-state index in [2.05, 4.69) is 102 Å². The van der Waals surface area contributed by atoms with Crippen LogP contribution in [0.1, 0.15) is 32.3 Å². The molecule has 5 aromatic rings. The molecule has 0 aliphatic carbocycles. The van der Waals surface area contributed by atoms with Crippen molar-refractivity contribution in [2.24, 2.45) is 0 Å². The number of aryl methyl sites for hydroxylation is 1. The molecule has 0 fully saturated rings. The van der Waals surface area contributed by atoms with Crippen LogP contribution in [0.3, 0.4) is 0 Å². The van der Waals surface area contributed by atoms with Gasteiger partial charge in [-0.3, -0.25) is 0 Å². The van der Waals surface area contributed by atoms with E-state index in [1.165, 1.54) is 57.1 Å². The molecule has 2 aromatic carbocycles. The number of nitrogens with zero attached hydrogens (tertiary/aromatic N) is 2. The Kier molecular flexibility index (Phi) is 3.97. The maximum atomic E-state index is 3.63. The summed E-state index contributed by atoms with van der Waals surface area (Å²) in [5, 5.41) is 6.15. The second-order valence-corrected chi connectivity index (χ2v) is 7.95. The molecule has 1 N–H and O–H groups in total. The summed E-state index contributed by atoms with van der Waals surface area (Å²) >= 11 is 0. The minimum Gasteiger partial charge on any atom is -0.383 e. The van der Waals surface area contributed by atoms with Gasteiger partial charge in [0.25, 0.3) is 5.65 Å². The number of fused-ring (bicyclic) bond motifs is 7. The second-order valence-electron chi connectivity index (χ2n) is 7.95. The molecule has 3 heteroatoms. The first kappa shape index (κ1) is 17.1. The Bertz CT molecular complexity index is 1330. The van der Waals surface area contributed by atoms with Crippen LogP contribution in [0.25, 0.3) is 33.0 Å². The van der Waals surface area contributed by atoms with Gasteiger partial charge in [0, 0.05) is 28.6 Å². The minimum absolute atomic E-state index is 0.490. The third-order valence-electron chi connectivity index (χ3n) is 5.69. The number of hydrogen-bond acceptors (Lipinski definition) is 1. The first-order chi connectivity index (χ1) is 13.6. The summed E-state index contributed by atoms with van der Waals surface area (Å²) in [5.41, 5.74) is 7.37. The highest BCUT2D eigenvalue weighted by molar-refractivity contribution is 5.88. The van der Waals surface area contributed by atoms with Crippen LogP contribution in [-0.4, -0.2) is 10.4 Å². The largest absolute Gasteiger partial charge is 0.383 e. The fourth-order valence-electron chi connectivity index (χ4n) is 4.34. The predicted octanol–water partition coefficient (Wildman–Crippen LogP) is 5.89. The number of nitrogens with one attached hydrogen (secondary N) is 1. The SMILES string of the molecule is CCCC(C)Nc1ccc2c(ccc3c[n+]4c5cc(C)ccc5ccc4n32)c1. The molecule has 0 bridgehead atoms. The van der Waals surface area contributed by atoms with Crippen LogP contribution in [0, 0.1) is 6.92 Å². The molecule has 0 aliphatic rings. The molecule has 3 heterocycles. The zero-order valence-electron chi connectivity index (χ0n) is 16.7. The summed E-state index contributed by atoms with van der Waals surface area (Å²) in [5.74, 6) is 0. The second kappa shape index (κ2) is 6.52. The topological polar surface area (TPSA) is 20.5 Å². The van der Waals surface area contributed by atoms with Crippen molar-refractivity contribution in [2.45, 2.75) is 39.7 Å². The number of aromatic nitrogens is 2. The fourth-order valence-corrected chi connectivity index (χ4v) is 4.34. The van der Waals surface area contributed by atoms with Gasteiger partial charge in [-0.2, -0.15) is 8.80 Å². The van der Waals surface area contributed by atoms with E-state index in [0.29, 0.717) is 6.04 Å². The molecular formula is C25H26N3+. The highest BCUT2D eigenvalue weighted by Gasteiger charge is 2.17. The van der Waals surface area contributed by atoms with Crippen LogP contribution in [0.15, 0.2) is 66.9 Å². The van der Waals surface area contributed by atoms with Gasteiger partial charge in [-0.1, -0.05) is 25.5 Å². The van der Waals surface area contributed by atoms with Crippen molar-refractivity contribution >= 4 is 38.7 Å².